The van der Waals surface area contributed by atoms with Crippen molar-refractivity contribution < 1.29 is 43.7 Å². The molecule has 0 saturated heterocycles. The summed E-state index contributed by atoms with van der Waals surface area (Å²) >= 11 is 54.2. The maximum absolute atomic E-state index is 12.3. The molecular formula is C109H86Br3Cl6N13O9S4. The molecule has 5 heterocycles. The fraction of sp³-hybridized carbons (Fsp3) is 0.138. The Morgan fingerprint density at radius 1 is 0.382 bits per heavy atom. The van der Waals surface area contributed by atoms with E-state index in [0.717, 1.165) is 148 Å². The number of fused-ring (bicyclic) bond motifs is 4. The maximum Gasteiger partial charge on any atom is 0.352 e. The Hall–Kier alpha value is -12.2. The van der Waals surface area contributed by atoms with Crippen LogP contribution in [0.2, 0.25) is 30.1 Å². The van der Waals surface area contributed by atoms with Crippen LogP contribution in [0.4, 0.5) is 0 Å². The zero-order valence-electron chi connectivity index (χ0n) is 78.0. The van der Waals surface area contributed by atoms with E-state index in [1.807, 2.05) is 209 Å². The lowest BCUT2D eigenvalue weighted by atomic mass is 10.1. The molecule has 0 bridgehead atoms. The van der Waals surface area contributed by atoms with Gasteiger partial charge in [0.1, 0.15) is 34.7 Å². The van der Waals surface area contributed by atoms with Gasteiger partial charge in [-0.15, -0.1) is 10.2 Å². The molecule has 18 aromatic rings. The standard InChI is InChI=1S/C31H25BrN2O4S.C28H24Cl2N2O3S.C25H19BrCl2N6OS.C25H18BrCl2N3OS/c1-33(2)30(35)21-10-8-20(9-11-21)19-34-28-17-25(16-27(32)26(28)18-29(34)31(36)37)39-24-14-12-23(13-15-24)38-22-6-4-3-5-7-22;1-31(2)27(33)18-5-3-16(4-6-18)15-32-25-13-20(36-19-9-10-23(29)24(30)12-19)11-21(17-7-8-17)22(25)14-26(32)28(34)35;1-33(2)25(35)15-5-3-14(4-6-15)13-34-22-11-17(36-16-7-8-20(27)21(28)10-16)9-19(26)18(22)12-23(34)24-29-31-32-30-24;1-30(2)25(32)16-5-3-15(4-6-16)14-31-17(13-29)9-20-21(26)10-19(12-24(20)31)33-18-7-8-22(27)23(28)11-18/h3-18H,19H2,1-2H3,(H,36,37);3-6,9-14,17H,7-8,15H2,1-2H3,(H,34,35);3-12H,13H2,1-2H3,(H,29,30,31,32);3-12H,14H2,1-2H3. The Labute approximate surface area is 901 Å². The van der Waals surface area contributed by atoms with Crippen LogP contribution in [0.1, 0.15) is 115 Å². The molecule has 0 aliphatic heterocycles. The van der Waals surface area contributed by atoms with Crippen LogP contribution in [0, 0.1) is 11.3 Å². The van der Waals surface area contributed by atoms with Crippen molar-refractivity contribution >= 4 is 244 Å². The number of carboxylic acids is 2. The lowest BCUT2D eigenvalue weighted by molar-refractivity contribution is 0.0675. The average molecular weight is 2300 g/mol. The number of para-hydroxylation sites is 1. The van der Waals surface area contributed by atoms with Crippen molar-refractivity contribution in [2.75, 3.05) is 56.4 Å². The molecule has 4 amide bonds. The Morgan fingerprint density at radius 2 is 0.715 bits per heavy atom. The number of benzene rings is 13. The number of carbonyl (C=O) groups is 6. The predicted molar refractivity (Wildman–Crippen MR) is 588 cm³/mol. The summed E-state index contributed by atoms with van der Waals surface area (Å²) < 4.78 is 16.3. The SMILES string of the molecule is CN(C)C(=O)c1ccc(Cn2c(-c3nn[nH]n3)cc3c(Br)cc(Sc4ccc(Cl)c(Cl)c4)cc32)cc1.CN(C)C(=O)c1ccc(Cn2c(C#N)cc3c(Br)cc(Sc4ccc(Cl)c(Cl)c4)cc32)cc1.CN(C)C(=O)c1ccc(Cn2c(C(=O)O)cc3c(Br)cc(Sc4ccc(Oc5ccccc5)cc4)cc32)cc1.CN(C)C(=O)c1ccc(Cn2c(C(=O)O)cc3c(C4CC4)cc(Sc4ccc(Cl)c(Cl)c4)cc32)cc1. The molecule has 35 heteroatoms. The lowest BCUT2D eigenvalue weighted by Gasteiger charge is -2.13. The van der Waals surface area contributed by atoms with Gasteiger partial charge in [-0.1, -0.05) is 231 Å². The smallest absolute Gasteiger partial charge is 0.352 e. The zero-order valence-corrected chi connectivity index (χ0v) is 90.6. The highest BCUT2D eigenvalue weighted by atomic mass is 79.9. The van der Waals surface area contributed by atoms with Crippen LogP contribution >= 0.6 is 164 Å². The van der Waals surface area contributed by atoms with E-state index in [-0.39, 0.29) is 35.0 Å². The Kier molecular flexibility index (Phi) is 33.7. The maximum atomic E-state index is 12.3. The predicted octanol–water partition coefficient (Wildman–Crippen LogP) is 29.5. The number of nitrogens with zero attached hydrogens (tertiary/aromatic N) is 12. The summed E-state index contributed by atoms with van der Waals surface area (Å²) in [5.41, 5.74) is 12.9. The molecule has 1 saturated carbocycles. The van der Waals surface area contributed by atoms with Crippen LogP contribution < -0.4 is 4.74 Å². The second-order valence-electron chi connectivity index (χ2n) is 34.3. The summed E-state index contributed by atoms with van der Waals surface area (Å²) in [5, 5.41) is 51.3. The molecule has 0 atom stereocenters. The first-order chi connectivity index (χ1) is 69.0. The molecule has 3 N–H and O–H groups in total. The van der Waals surface area contributed by atoms with Crippen LogP contribution in [0.3, 0.4) is 0 Å². The van der Waals surface area contributed by atoms with Gasteiger partial charge in [-0.05, 0) is 264 Å². The second-order valence-corrected chi connectivity index (χ2v) is 43.9. The molecule has 1 fully saturated rings. The van der Waals surface area contributed by atoms with Gasteiger partial charge in [0.2, 0.25) is 5.82 Å². The summed E-state index contributed by atoms with van der Waals surface area (Å²) in [6.45, 7) is 1.80. The van der Waals surface area contributed by atoms with E-state index < -0.39 is 11.9 Å². The molecule has 19 rings (SSSR count). The van der Waals surface area contributed by atoms with E-state index in [2.05, 4.69) is 103 Å². The normalized spacial score (nSPS) is 11.6. The number of carboxylic acid groups (broad SMARTS) is 2. The highest BCUT2D eigenvalue weighted by Crippen LogP contribution is 2.48. The van der Waals surface area contributed by atoms with Crippen molar-refractivity contribution in [1.29, 1.82) is 5.26 Å². The molecule has 1 aliphatic rings. The van der Waals surface area contributed by atoms with Crippen LogP contribution in [-0.4, -0.2) is 161 Å². The van der Waals surface area contributed by atoms with Crippen LogP contribution in [-0.2, 0) is 26.2 Å². The fourth-order valence-corrected chi connectivity index (χ4v) is 22.9. The Balaban J connectivity index is 0.000000138. The number of aromatic nitrogens is 8. The molecule has 13 aromatic carbocycles. The largest absolute Gasteiger partial charge is 0.477 e. The summed E-state index contributed by atoms with van der Waals surface area (Å²) in [4.78, 5) is 87.5. The number of nitrogens with one attached hydrogen (secondary N) is 1. The van der Waals surface area contributed by atoms with Gasteiger partial charge < -0.3 is 52.8 Å². The first-order valence-electron chi connectivity index (χ1n) is 44.4. The van der Waals surface area contributed by atoms with Crippen LogP contribution in [0.5, 0.6) is 11.5 Å². The van der Waals surface area contributed by atoms with Gasteiger partial charge in [-0.3, -0.25) is 19.2 Å². The minimum Gasteiger partial charge on any atom is -0.477 e. The van der Waals surface area contributed by atoms with Gasteiger partial charge in [0, 0.05) is 179 Å². The molecule has 0 radical (unpaired) electrons. The number of aromatic carboxylic acids is 2. The first-order valence-corrected chi connectivity index (χ1v) is 52.3. The molecule has 5 aromatic heterocycles. The number of aromatic amines is 1. The monoisotopic (exact) mass is 2300 g/mol. The second kappa shape index (κ2) is 46.4. The number of halogens is 9. The minimum atomic E-state index is -0.999. The summed E-state index contributed by atoms with van der Waals surface area (Å²) in [6.07, 6.45) is 2.20. The van der Waals surface area contributed by atoms with Crippen molar-refractivity contribution in [3.05, 3.63) is 390 Å². The third-order valence-electron chi connectivity index (χ3n) is 23.2. The fourth-order valence-electron chi connectivity index (χ4n) is 15.9. The molecule has 0 unspecified atom stereocenters. The average Bonchev–Trinajstić information content (AvgIpc) is 1.60. The molecule has 22 nitrogen and oxygen atoms in total. The number of carbonyl (C=O) groups excluding carboxylic acids is 4. The summed E-state index contributed by atoms with van der Waals surface area (Å²) in [7, 11) is 13.8. The highest BCUT2D eigenvalue weighted by molar-refractivity contribution is 9.11. The first kappa shape index (κ1) is 105. The molecule has 144 heavy (non-hydrogen) atoms. The number of tetrazole rings is 1. The number of H-pyrrole nitrogens is 1. The molecule has 728 valence electrons. The van der Waals surface area contributed by atoms with Gasteiger partial charge in [0.15, 0.2) is 0 Å². The minimum absolute atomic E-state index is 0.0339. The number of hydrogen-bond acceptors (Lipinski definition) is 15. The van der Waals surface area contributed by atoms with Gasteiger partial charge >= 0.3 is 11.9 Å². The molecular weight excluding hydrogens is 2220 g/mol. The number of nitriles is 1. The topological polar surface area (TPSA) is 263 Å². The third kappa shape index (κ3) is 25.1. The van der Waals surface area contributed by atoms with E-state index in [1.165, 1.54) is 15.4 Å². The Morgan fingerprint density at radius 3 is 1.08 bits per heavy atom. The number of rotatable bonds is 26. The van der Waals surface area contributed by atoms with Gasteiger partial charge in [0.25, 0.3) is 23.6 Å². The number of amides is 4. The molecule has 1 aliphatic carbocycles. The van der Waals surface area contributed by atoms with Gasteiger partial charge in [-0.25, -0.2) is 9.59 Å². The van der Waals surface area contributed by atoms with Crippen molar-refractivity contribution in [2.24, 2.45) is 0 Å². The quantitative estimate of drug-likeness (QED) is 0.0455. The van der Waals surface area contributed by atoms with Crippen molar-refractivity contribution in [2.45, 2.75) is 84.1 Å². The third-order valence-corrected chi connectivity index (χ3v) is 31.3. The summed E-state index contributed by atoms with van der Waals surface area (Å²) in [5.74, 6) is 0.272. The van der Waals surface area contributed by atoms with E-state index >= 15 is 0 Å². The van der Waals surface area contributed by atoms with Crippen LogP contribution in [0.25, 0.3) is 55.1 Å². The van der Waals surface area contributed by atoms with E-state index in [9.17, 15) is 44.2 Å². The van der Waals surface area contributed by atoms with Gasteiger partial charge in [0.05, 0.1) is 57.9 Å². The van der Waals surface area contributed by atoms with E-state index in [4.69, 9.17) is 74.3 Å². The van der Waals surface area contributed by atoms with E-state index in [0.29, 0.717) is 96.0 Å². The van der Waals surface area contributed by atoms with Crippen molar-refractivity contribution in [3.8, 4) is 29.1 Å². The Bertz CT molecular complexity index is 7980. The van der Waals surface area contributed by atoms with Gasteiger partial charge in [-0.2, -0.15) is 10.5 Å². The highest BCUT2D eigenvalue weighted by Gasteiger charge is 2.30. The van der Waals surface area contributed by atoms with Crippen molar-refractivity contribution in [3.63, 3.8) is 0 Å². The van der Waals surface area contributed by atoms with Crippen LogP contribution in [0.15, 0.2) is 332 Å². The van der Waals surface area contributed by atoms with Crippen molar-refractivity contribution in [1.82, 2.24) is 58.5 Å². The zero-order chi connectivity index (χ0) is 102. The lowest BCUT2D eigenvalue weighted by Crippen LogP contribution is -2.21. The number of ether oxygens (including phenoxy) is 1. The van der Waals surface area contributed by atoms with E-state index in [1.54, 1.807) is 172 Å². The molecule has 0 spiro atoms. The summed E-state index contributed by atoms with van der Waals surface area (Å²) in [6, 6.07) is 90.1. The number of hydrogen-bond donors (Lipinski definition) is 3.